The van der Waals surface area contributed by atoms with Gasteiger partial charge < -0.3 is 43.3 Å². The van der Waals surface area contributed by atoms with E-state index in [4.69, 9.17) is 70.1 Å². The number of carbonyl (C=O) groups excluding carboxylic acids is 2. The Morgan fingerprint density at radius 3 is 1.91 bits per heavy atom. The van der Waals surface area contributed by atoms with Gasteiger partial charge in [-0.25, -0.2) is 13.8 Å². The average molecular weight is 1310 g/mol. The van der Waals surface area contributed by atoms with Gasteiger partial charge in [0.15, 0.2) is 23.7 Å². The van der Waals surface area contributed by atoms with Crippen LogP contribution in [0.3, 0.4) is 0 Å². The molecular formula is C56H60Cl4F4N4O15S2. The van der Waals surface area contributed by atoms with Crippen molar-refractivity contribution < 1.29 is 86.6 Å². The molecule has 4 aromatic rings. The maximum atomic E-state index is 15.7. The zero-order valence-corrected chi connectivity index (χ0v) is 51.0. The van der Waals surface area contributed by atoms with E-state index in [1.54, 1.807) is 18.2 Å². The van der Waals surface area contributed by atoms with Gasteiger partial charge in [-0.15, -0.1) is 0 Å². The molecule has 2 amide bonds. The van der Waals surface area contributed by atoms with Crippen molar-refractivity contribution in [3.63, 3.8) is 0 Å². The SMILES string of the molecule is CC1(C)C=C(CS(=O)(=O)O)c2cc3c(c4c2N1CCC4)Oc1c(cc2c4c1CCCN4C(C)(C)CC2CS(=O)(=O)O)C31c2c(Cl)c(Cl)c(Cl)c(Cl)c2C(=O)N1NC(=O)CCOCCOCCOCCOCCC(O)Oc1c(F)c(F)cc(F)c1F. The van der Waals surface area contributed by atoms with Crippen molar-refractivity contribution in [3.8, 4) is 17.2 Å². The molecule has 0 saturated heterocycles. The second-order valence-corrected chi connectivity index (χ2v) is 27.1. The number of aliphatic hydroxyl groups is 1. The van der Waals surface area contributed by atoms with Crippen LogP contribution in [0.5, 0.6) is 17.2 Å². The van der Waals surface area contributed by atoms with E-state index < -0.39 is 101 Å². The molecule has 0 aliphatic carbocycles. The molecule has 462 valence electrons. The van der Waals surface area contributed by atoms with E-state index in [1.165, 1.54) is 0 Å². The quantitative estimate of drug-likeness (QED) is 0.0143. The van der Waals surface area contributed by atoms with Crippen molar-refractivity contribution in [2.45, 2.75) is 101 Å². The number of nitrogens with one attached hydrogen (secondary N) is 1. The predicted molar refractivity (Wildman–Crippen MR) is 307 cm³/mol. The minimum absolute atomic E-state index is 0.0132. The third-order valence-electron chi connectivity index (χ3n) is 16.1. The normalized spacial score (nSPS) is 20.1. The topological polar surface area (TPSA) is 240 Å². The van der Waals surface area contributed by atoms with Crippen molar-refractivity contribution in [1.29, 1.82) is 0 Å². The van der Waals surface area contributed by atoms with Gasteiger partial charge in [0.2, 0.25) is 17.5 Å². The Labute approximate surface area is 507 Å². The molecule has 1 spiro atoms. The molecule has 0 bridgehead atoms. The number of carbonyl (C=O) groups is 2. The summed E-state index contributed by atoms with van der Waals surface area (Å²) in [5, 5.41) is 9.98. The van der Waals surface area contributed by atoms with Crippen molar-refractivity contribution in [2.24, 2.45) is 0 Å². The molecule has 6 heterocycles. The Bertz CT molecular complexity index is 3650. The summed E-state index contributed by atoms with van der Waals surface area (Å²) in [7, 11) is -9.29. The van der Waals surface area contributed by atoms with Crippen LogP contribution in [0, 0.1) is 23.3 Å². The molecule has 0 aromatic heterocycles. The Morgan fingerprint density at radius 1 is 0.753 bits per heavy atom. The molecule has 4 N–H and O–H groups in total. The molecule has 10 rings (SSSR count). The van der Waals surface area contributed by atoms with Crippen LogP contribution in [-0.4, -0.2) is 143 Å². The first-order valence-electron chi connectivity index (χ1n) is 27.2. The number of rotatable bonds is 22. The number of hydrogen-bond donors (Lipinski definition) is 4. The highest BCUT2D eigenvalue weighted by molar-refractivity contribution is 7.86. The first-order valence-corrected chi connectivity index (χ1v) is 32.0. The van der Waals surface area contributed by atoms with Crippen LogP contribution in [0.4, 0.5) is 28.9 Å². The maximum absolute atomic E-state index is 15.7. The van der Waals surface area contributed by atoms with Crippen molar-refractivity contribution in [2.75, 3.05) is 87.3 Å². The van der Waals surface area contributed by atoms with Crippen LogP contribution in [0.2, 0.25) is 20.1 Å². The standard InChI is InChI=1S/C56H60Cl4F4N4O15S2/c1-54(2)24-28(26-84(72,73)74)32-21-34-50(30-7-5-11-66(54)48(30)32)83-51-31-8-6-12-67-49(31)33(29(25-55(67,3)4)27-85(75,76)77)22-35(51)56(34)41-40(42(57)44(59)45(60)43(41)58)53(71)68(56)65-38(69)9-13-78-15-17-80-19-20-81-18-16-79-14-10-39(70)82-52-46(63)36(61)23-37(62)47(52)64/h21-24,29,39,70H,5-20,25-27H2,1-4H3,(H,65,69)(H,72,73,74)(H,75,76,77). The lowest BCUT2D eigenvalue weighted by Crippen LogP contribution is -2.57. The fraction of sp³-hybridized carbons (Fsp3) is 0.500. The van der Waals surface area contributed by atoms with Crippen molar-refractivity contribution in [3.05, 3.63) is 112 Å². The van der Waals surface area contributed by atoms with Gasteiger partial charge in [0.05, 0.1) is 102 Å². The molecule has 6 aliphatic heterocycles. The van der Waals surface area contributed by atoms with E-state index in [2.05, 4.69) is 20.0 Å². The van der Waals surface area contributed by atoms with Crippen LogP contribution in [0.15, 0.2) is 24.3 Å². The minimum atomic E-state index is -4.68. The van der Waals surface area contributed by atoms with Gasteiger partial charge in [0, 0.05) is 76.1 Å². The smallest absolute Gasteiger partial charge is 0.275 e. The summed E-state index contributed by atoms with van der Waals surface area (Å²) in [6.45, 7) is 9.10. The van der Waals surface area contributed by atoms with Crippen LogP contribution in [-0.2, 0) is 62.4 Å². The molecule has 3 atom stereocenters. The van der Waals surface area contributed by atoms with Crippen LogP contribution < -0.4 is 24.7 Å². The fourth-order valence-electron chi connectivity index (χ4n) is 12.8. The fourth-order valence-corrected chi connectivity index (χ4v) is 15.3. The Hall–Kier alpha value is -4.74. The number of fused-ring (bicyclic) bond motifs is 8. The molecule has 0 fully saturated rings. The lowest BCUT2D eigenvalue weighted by atomic mass is 9.68. The van der Waals surface area contributed by atoms with Gasteiger partial charge in [-0.3, -0.25) is 24.1 Å². The number of anilines is 2. The number of nitrogens with zero attached hydrogens (tertiary/aromatic N) is 3. The predicted octanol–water partition coefficient (Wildman–Crippen LogP) is 9.71. The lowest BCUT2D eigenvalue weighted by Gasteiger charge is -2.53. The third-order valence-corrected chi connectivity index (χ3v) is 19.4. The summed E-state index contributed by atoms with van der Waals surface area (Å²) >= 11 is 28.3. The zero-order chi connectivity index (χ0) is 61.5. The molecule has 6 aliphatic rings. The van der Waals surface area contributed by atoms with Crippen LogP contribution in [0.1, 0.15) is 115 Å². The molecule has 0 radical (unpaired) electrons. The second-order valence-electron chi connectivity index (χ2n) is 22.7. The number of hydrogen-bond acceptors (Lipinski definition) is 15. The molecule has 4 aromatic carbocycles. The van der Waals surface area contributed by atoms with Crippen LogP contribution in [0.25, 0.3) is 5.57 Å². The first kappa shape index (κ1) is 63.3. The number of ether oxygens (including phenoxy) is 6. The van der Waals surface area contributed by atoms with E-state index in [-0.39, 0.29) is 138 Å². The number of aliphatic hydroxyl groups excluding tert-OH is 1. The number of amides is 2. The Morgan fingerprint density at radius 2 is 1.31 bits per heavy atom. The van der Waals surface area contributed by atoms with Crippen molar-refractivity contribution in [1.82, 2.24) is 10.4 Å². The molecule has 0 saturated carbocycles. The lowest BCUT2D eigenvalue weighted by molar-refractivity contribution is -0.127. The highest BCUT2D eigenvalue weighted by atomic mass is 35.5. The monoisotopic (exact) mass is 1310 g/mol. The summed E-state index contributed by atoms with van der Waals surface area (Å²) in [5.41, 5.74) is 3.22. The Kier molecular flexibility index (Phi) is 17.9. The average Bonchev–Trinajstić information content (AvgIpc) is 1.64. The minimum Gasteiger partial charge on any atom is -0.459 e. The molecule has 29 heteroatoms. The molecule has 85 heavy (non-hydrogen) atoms. The van der Waals surface area contributed by atoms with Crippen molar-refractivity contribution >= 4 is 95.4 Å². The molecule has 19 nitrogen and oxygen atoms in total. The highest BCUT2D eigenvalue weighted by Crippen LogP contribution is 2.66. The Balaban J connectivity index is 0.928. The van der Waals surface area contributed by atoms with E-state index in [0.717, 1.165) is 5.01 Å². The summed E-state index contributed by atoms with van der Waals surface area (Å²) < 4.78 is 161. The van der Waals surface area contributed by atoms with E-state index in [9.17, 15) is 53.4 Å². The second kappa shape index (κ2) is 24.0. The van der Waals surface area contributed by atoms with E-state index >= 15 is 4.79 Å². The van der Waals surface area contributed by atoms with Gasteiger partial charge in [-0.1, -0.05) is 52.5 Å². The van der Waals surface area contributed by atoms with Gasteiger partial charge in [-0.2, -0.15) is 25.6 Å². The zero-order valence-electron chi connectivity index (χ0n) is 46.3. The number of halogens is 8. The summed E-state index contributed by atoms with van der Waals surface area (Å²) in [5.74, 6) is -11.7. The van der Waals surface area contributed by atoms with E-state index in [0.29, 0.717) is 72.4 Å². The largest absolute Gasteiger partial charge is 0.459 e. The molecule has 3 unspecified atom stereocenters. The number of hydrazine groups is 1. The summed E-state index contributed by atoms with van der Waals surface area (Å²) in [4.78, 5) is 34.6. The van der Waals surface area contributed by atoms with Gasteiger partial charge in [-0.05, 0) is 83.1 Å². The highest BCUT2D eigenvalue weighted by Gasteiger charge is 2.62. The maximum Gasteiger partial charge on any atom is 0.275 e. The summed E-state index contributed by atoms with van der Waals surface area (Å²) in [6, 6.07) is 3.40. The molecular weight excluding hydrogens is 1250 g/mol. The number of benzene rings is 4. The first-order chi connectivity index (χ1) is 40.0. The van der Waals surface area contributed by atoms with Gasteiger partial charge in [0.25, 0.3) is 26.1 Å². The third kappa shape index (κ3) is 11.8. The van der Waals surface area contributed by atoms with E-state index in [1.807, 2.05) is 27.7 Å². The van der Waals surface area contributed by atoms with Gasteiger partial charge in [0.1, 0.15) is 22.8 Å². The summed E-state index contributed by atoms with van der Waals surface area (Å²) in [6.07, 6.45) is 1.57. The van der Waals surface area contributed by atoms with Gasteiger partial charge >= 0.3 is 0 Å². The van der Waals surface area contributed by atoms with Crippen LogP contribution >= 0.6 is 46.4 Å².